The molecule has 0 saturated carbocycles. The lowest BCUT2D eigenvalue weighted by molar-refractivity contribution is 0.333. The average molecular weight is 315 g/mol. The standard InChI is InChI=1S/C21H34N2/c1-19-10-11-20(8-6-16-22-12-2-3-13-22)18-21(19)9-7-17-23-14-4-5-15-23/h10-11,18H,2-9,12-17H2,1H3. The van der Waals surface area contributed by atoms with Crippen molar-refractivity contribution in [1.29, 1.82) is 0 Å². The molecule has 2 aliphatic rings. The van der Waals surface area contributed by atoms with Gasteiger partial charge in [-0.1, -0.05) is 18.2 Å². The minimum Gasteiger partial charge on any atom is -0.303 e. The van der Waals surface area contributed by atoms with Crippen molar-refractivity contribution in [2.24, 2.45) is 0 Å². The molecule has 0 aromatic heterocycles. The number of nitrogens with zero attached hydrogens (tertiary/aromatic N) is 2. The van der Waals surface area contributed by atoms with Gasteiger partial charge in [0, 0.05) is 0 Å². The van der Waals surface area contributed by atoms with E-state index in [0.29, 0.717) is 0 Å². The van der Waals surface area contributed by atoms with Crippen molar-refractivity contribution in [1.82, 2.24) is 9.80 Å². The summed E-state index contributed by atoms with van der Waals surface area (Å²) in [4.78, 5) is 5.26. The number of aryl methyl sites for hydroxylation is 3. The van der Waals surface area contributed by atoms with Crippen LogP contribution in [0.15, 0.2) is 18.2 Å². The van der Waals surface area contributed by atoms with E-state index in [1.54, 1.807) is 11.1 Å². The van der Waals surface area contributed by atoms with Gasteiger partial charge in [0.25, 0.3) is 0 Å². The Balaban J connectivity index is 1.43. The molecule has 1 aromatic carbocycles. The lowest BCUT2D eigenvalue weighted by Gasteiger charge is -2.16. The molecule has 1 aromatic rings. The fourth-order valence-corrected chi connectivity index (χ4v) is 4.16. The predicted molar refractivity (Wildman–Crippen MR) is 99.2 cm³/mol. The van der Waals surface area contributed by atoms with Gasteiger partial charge in [0.15, 0.2) is 0 Å². The monoisotopic (exact) mass is 314 g/mol. The summed E-state index contributed by atoms with van der Waals surface area (Å²) in [7, 11) is 0. The Kier molecular flexibility index (Phi) is 6.53. The van der Waals surface area contributed by atoms with E-state index in [4.69, 9.17) is 0 Å². The molecular weight excluding hydrogens is 280 g/mol. The summed E-state index contributed by atoms with van der Waals surface area (Å²) in [6, 6.07) is 7.18. The molecule has 0 unspecified atom stereocenters. The molecule has 2 fully saturated rings. The van der Waals surface area contributed by atoms with E-state index in [9.17, 15) is 0 Å². The van der Waals surface area contributed by atoms with E-state index in [1.165, 1.54) is 96.2 Å². The fraction of sp³-hybridized carbons (Fsp3) is 0.714. The van der Waals surface area contributed by atoms with Crippen LogP contribution in [0.4, 0.5) is 0 Å². The van der Waals surface area contributed by atoms with E-state index in [1.807, 2.05) is 0 Å². The Labute approximate surface area is 142 Å². The van der Waals surface area contributed by atoms with Crippen molar-refractivity contribution in [2.45, 2.75) is 58.3 Å². The summed E-state index contributed by atoms with van der Waals surface area (Å²) in [5.74, 6) is 0. The SMILES string of the molecule is Cc1ccc(CCCN2CCCC2)cc1CCCN1CCCC1. The van der Waals surface area contributed by atoms with Gasteiger partial charge in [-0.05, 0) is 114 Å². The van der Waals surface area contributed by atoms with Gasteiger partial charge in [-0.25, -0.2) is 0 Å². The van der Waals surface area contributed by atoms with Gasteiger partial charge in [-0.15, -0.1) is 0 Å². The van der Waals surface area contributed by atoms with Gasteiger partial charge in [-0.3, -0.25) is 0 Å². The molecule has 128 valence electrons. The highest BCUT2D eigenvalue weighted by Crippen LogP contribution is 2.17. The average Bonchev–Trinajstić information content (AvgIpc) is 3.24. The number of hydrogen-bond acceptors (Lipinski definition) is 2. The third kappa shape index (κ3) is 5.32. The first-order valence-electron chi connectivity index (χ1n) is 9.84. The van der Waals surface area contributed by atoms with E-state index in [0.717, 1.165) is 0 Å². The van der Waals surface area contributed by atoms with Crippen molar-refractivity contribution in [3.63, 3.8) is 0 Å². The lowest BCUT2D eigenvalue weighted by atomic mass is 9.98. The van der Waals surface area contributed by atoms with Crippen molar-refractivity contribution in [2.75, 3.05) is 39.3 Å². The Hall–Kier alpha value is -0.860. The van der Waals surface area contributed by atoms with Crippen molar-refractivity contribution < 1.29 is 0 Å². The highest BCUT2D eigenvalue weighted by atomic mass is 15.1. The van der Waals surface area contributed by atoms with Gasteiger partial charge in [-0.2, -0.15) is 0 Å². The maximum absolute atomic E-state index is 2.63. The molecule has 0 N–H and O–H groups in total. The van der Waals surface area contributed by atoms with E-state index >= 15 is 0 Å². The number of likely N-dealkylation sites (tertiary alicyclic amines) is 2. The van der Waals surface area contributed by atoms with Crippen LogP contribution in [-0.2, 0) is 12.8 Å². The van der Waals surface area contributed by atoms with E-state index in [2.05, 4.69) is 34.9 Å². The van der Waals surface area contributed by atoms with Crippen LogP contribution in [-0.4, -0.2) is 49.1 Å². The van der Waals surface area contributed by atoms with Gasteiger partial charge >= 0.3 is 0 Å². The van der Waals surface area contributed by atoms with Gasteiger partial charge in [0.2, 0.25) is 0 Å². The van der Waals surface area contributed by atoms with Crippen LogP contribution in [0.3, 0.4) is 0 Å². The van der Waals surface area contributed by atoms with E-state index < -0.39 is 0 Å². The molecule has 3 rings (SSSR count). The Bertz CT molecular complexity index is 471. The van der Waals surface area contributed by atoms with Crippen LogP contribution in [0, 0.1) is 6.92 Å². The predicted octanol–water partition coefficient (Wildman–Crippen LogP) is 4.05. The second kappa shape index (κ2) is 8.84. The zero-order valence-electron chi connectivity index (χ0n) is 15.0. The lowest BCUT2D eigenvalue weighted by Crippen LogP contribution is -2.21. The maximum Gasteiger partial charge on any atom is -0.00156 e. The van der Waals surface area contributed by atoms with Gasteiger partial charge < -0.3 is 9.80 Å². The molecule has 0 amide bonds. The van der Waals surface area contributed by atoms with Crippen LogP contribution < -0.4 is 0 Å². The maximum atomic E-state index is 2.63. The molecular formula is C21H34N2. The molecule has 2 heterocycles. The second-order valence-electron chi connectivity index (χ2n) is 7.57. The fourth-order valence-electron chi connectivity index (χ4n) is 4.16. The molecule has 0 atom stereocenters. The summed E-state index contributed by atoms with van der Waals surface area (Å²) in [6.07, 6.45) is 10.8. The summed E-state index contributed by atoms with van der Waals surface area (Å²) in [6.45, 7) is 10.2. The van der Waals surface area contributed by atoms with Crippen molar-refractivity contribution in [3.05, 3.63) is 34.9 Å². The zero-order valence-corrected chi connectivity index (χ0v) is 15.0. The molecule has 0 aliphatic carbocycles. The van der Waals surface area contributed by atoms with Crippen molar-refractivity contribution in [3.8, 4) is 0 Å². The van der Waals surface area contributed by atoms with E-state index in [-0.39, 0.29) is 0 Å². The first kappa shape index (κ1) is 17.0. The summed E-state index contributed by atoms with van der Waals surface area (Å²) in [5, 5.41) is 0. The van der Waals surface area contributed by atoms with Crippen LogP contribution >= 0.6 is 0 Å². The van der Waals surface area contributed by atoms with Crippen LogP contribution in [0.25, 0.3) is 0 Å². The van der Waals surface area contributed by atoms with Crippen LogP contribution in [0.2, 0.25) is 0 Å². The third-order valence-electron chi connectivity index (χ3n) is 5.67. The van der Waals surface area contributed by atoms with Crippen LogP contribution in [0.5, 0.6) is 0 Å². The van der Waals surface area contributed by atoms with Gasteiger partial charge in [0.05, 0.1) is 0 Å². The number of benzene rings is 1. The minimum absolute atomic E-state index is 1.25. The highest BCUT2D eigenvalue weighted by molar-refractivity contribution is 5.31. The Morgan fingerprint density at radius 2 is 1.35 bits per heavy atom. The summed E-state index contributed by atoms with van der Waals surface area (Å²) in [5.41, 5.74) is 4.61. The summed E-state index contributed by atoms with van der Waals surface area (Å²) < 4.78 is 0. The molecule has 2 heteroatoms. The normalized spacial score (nSPS) is 19.7. The largest absolute Gasteiger partial charge is 0.303 e. The zero-order chi connectivity index (χ0) is 15.9. The van der Waals surface area contributed by atoms with Crippen molar-refractivity contribution >= 4 is 0 Å². The highest BCUT2D eigenvalue weighted by Gasteiger charge is 2.12. The molecule has 2 aliphatic heterocycles. The Morgan fingerprint density at radius 3 is 1.96 bits per heavy atom. The molecule has 23 heavy (non-hydrogen) atoms. The topological polar surface area (TPSA) is 6.48 Å². The van der Waals surface area contributed by atoms with Gasteiger partial charge in [0.1, 0.15) is 0 Å². The first-order valence-corrected chi connectivity index (χ1v) is 9.84. The second-order valence-corrected chi connectivity index (χ2v) is 7.57. The van der Waals surface area contributed by atoms with Crippen LogP contribution in [0.1, 0.15) is 55.2 Å². The first-order chi connectivity index (χ1) is 11.3. The molecule has 2 nitrogen and oxygen atoms in total. The number of hydrogen-bond donors (Lipinski definition) is 0. The third-order valence-corrected chi connectivity index (χ3v) is 5.67. The smallest absolute Gasteiger partial charge is 0.00156 e. The molecule has 0 spiro atoms. The molecule has 0 bridgehead atoms. The number of rotatable bonds is 8. The minimum atomic E-state index is 1.25. The molecule has 2 saturated heterocycles. The molecule has 0 radical (unpaired) electrons. The Morgan fingerprint density at radius 1 is 0.783 bits per heavy atom. The summed E-state index contributed by atoms with van der Waals surface area (Å²) >= 11 is 0. The quantitative estimate of drug-likeness (QED) is 0.714.